The molecule has 1 rings (SSSR count). The maximum Gasteiger partial charge on any atom is 0.343 e. The molecule has 0 radical (unpaired) electrons. The number of amides is 2. The zero-order chi connectivity index (χ0) is 17.4. The lowest BCUT2D eigenvalue weighted by Crippen LogP contribution is -2.36. The second-order valence-corrected chi connectivity index (χ2v) is 4.94. The Hall–Kier alpha value is -2.77. The average molecular weight is 324 g/mol. The Bertz CT molecular complexity index is 558. The van der Waals surface area contributed by atoms with Crippen molar-refractivity contribution in [2.75, 3.05) is 32.6 Å². The van der Waals surface area contributed by atoms with Gasteiger partial charge in [-0.3, -0.25) is 4.79 Å². The predicted octanol–water partition coefficient (Wildman–Crippen LogP) is 1.42. The van der Waals surface area contributed by atoms with Crippen molar-refractivity contribution in [2.24, 2.45) is 5.92 Å². The molecule has 0 heterocycles. The van der Waals surface area contributed by atoms with Crippen molar-refractivity contribution in [2.45, 2.75) is 6.92 Å². The van der Waals surface area contributed by atoms with Gasteiger partial charge in [0.05, 0.1) is 13.0 Å². The molecule has 0 saturated heterocycles. The van der Waals surface area contributed by atoms with Gasteiger partial charge in [0.25, 0.3) is 0 Å². The normalized spacial score (nSPS) is 11.3. The number of carbonyl (C=O) groups excluding carboxylic acids is 2. The van der Waals surface area contributed by atoms with Crippen molar-refractivity contribution in [3.05, 3.63) is 24.3 Å². The fourth-order valence-electron chi connectivity index (χ4n) is 1.63. The number of methoxy groups -OCH3 is 1. The second-order valence-electron chi connectivity index (χ2n) is 4.94. The van der Waals surface area contributed by atoms with Gasteiger partial charge in [-0.05, 0) is 24.3 Å². The monoisotopic (exact) mass is 324 g/mol. The van der Waals surface area contributed by atoms with Crippen LogP contribution >= 0.6 is 0 Å². The molecular weight excluding hydrogens is 304 g/mol. The number of urea groups is 1. The van der Waals surface area contributed by atoms with Crippen LogP contribution in [0.3, 0.4) is 0 Å². The number of nitrogens with zero attached hydrogens (tertiary/aromatic N) is 1. The van der Waals surface area contributed by atoms with E-state index < -0.39 is 23.9 Å². The van der Waals surface area contributed by atoms with Crippen LogP contribution in [0.1, 0.15) is 6.92 Å². The first-order valence-electron chi connectivity index (χ1n) is 6.88. The third-order valence-electron chi connectivity index (χ3n) is 3.01. The number of aliphatic carboxylic acids is 1. The second kappa shape index (κ2) is 8.62. The quantitative estimate of drug-likeness (QED) is 0.735. The van der Waals surface area contributed by atoms with Crippen LogP contribution in [0.5, 0.6) is 5.75 Å². The topological polar surface area (TPSA) is 105 Å². The predicted molar refractivity (Wildman–Crippen MR) is 82.4 cm³/mol. The van der Waals surface area contributed by atoms with Gasteiger partial charge in [-0.15, -0.1) is 0 Å². The fraction of sp³-hybridized carbons (Fsp3) is 0.400. The van der Waals surface area contributed by atoms with Crippen LogP contribution in [0.4, 0.5) is 10.5 Å². The van der Waals surface area contributed by atoms with Gasteiger partial charge in [-0.2, -0.15) is 0 Å². The van der Waals surface area contributed by atoms with E-state index in [4.69, 9.17) is 9.84 Å². The minimum absolute atomic E-state index is 0.0987. The highest BCUT2D eigenvalue weighted by Crippen LogP contribution is 2.16. The van der Waals surface area contributed by atoms with E-state index in [1.54, 1.807) is 24.3 Å². The summed E-state index contributed by atoms with van der Waals surface area (Å²) in [5.74, 6) is -1.64. The first-order valence-corrected chi connectivity index (χ1v) is 6.88. The van der Waals surface area contributed by atoms with Crippen LogP contribution in [0.2, 0.25) is 0 Å². The Morgan fingerprint density at radius 2 is 1.87 bits per heavy atom. The number of hydrogen-bond acceptors (Lipinski definition) is 5. The van der Waals surface area contributed by atoms with Crippen molar-refractivity contribution >= 4 is 23.7 Å². The van der Waals surface area contributed by atoms with Gasteiger partial charge >= 0.3 is 18.0 Å². The third-order valence-corrected chi connectivity index (χ3v) is 3.01. The molecule has 0 spiro atoms. The molecule has 0 aliphatic heterocycles. The lowest BCUT2D eigenvalue weighted by molar-refractivity contribution is -0.143. The van der Waals surface area contributed by atoms with Crippen LogP contribution in [-0.4, -0.2) is 55.3 Å². The molecule has 2 N–H and O–H groups in total. The molecule has 2 amide bonds. The minimum Gasteiger partial charge on any atom is -0.482 e. The fourth-order valence-corrected chi connectivity index (χ4v) is 1.63. The minimum atomic E-state index is -0.961. The van der Waals surface area contributed by atoms with Gasteiger partial charge in [0.1, 0.15) is 5.75 Å². The van der Waals surface area contributed by atoms with E-state index >= 15 is 0 Å². The lowest BCUT2D eigenvalue weighted by Gasteiger charge is -2.20. The summed E-state index contributed by atoms with van der Waals surface area (Å²) in [5.41, 5.74) is 0.523. The molecule has 23 heavy (non-hydrogen) atoms. The standard InChI is InChI=1S/C15H20N2O6/c1-10(14(19)20)8-17(2)15(21)16-11-4-6-12(7-5-11)23-9-13(18)22-3/h4-7,10H,8-9H2,1-3H3,(H,16,21)(H,19,20). The molecule has 0 aliphatic carbocycles. The van der Waals surface area contributed by atoms with E-state index in [0.717, 1.165) is 0 Å². The first kappa shape index (κ1) is 18.3. The summed E-state index contributed by atoms with van der Waals surface area (Å²) in [4.78, 5) is 35.0. The van der Waals surface area contributed by atoms with Gasteiger partial charge in [0.15, 0.2) is 6.61 Å². The largest absolute Gasteiger partial charge is 0.482 e. The summed E-state index contributed by atoms with van der Waals surface area (Å²) in [5, 5.41) is 11.5. The maximum absolute atomic E-state index is 11.9. The highest BCUT2D eigenvalue weighted by molar-refractivity contribution is 5.89. The zero-order valence-electron chi connectivity index (χ0n) is 13.2. The molecule has 1 aromatic carbocycles. The molecule has 8 nitrogen and oxygen atoms in total. The van der Waals surface area contributed by atoms with Crippen molar-refractivity contribution in [3.8, 4) is 5.75 Å². The molecule has 0 aliphatic rings. The van der Waals surface area contributed by atoms with Crippen molar-refractivity contribution in [1.29, 1.82) is 0 Å². The van der Waals surface area contributed by atoms with Crippen LogP contribution in [0, 0.1) is 5.92 Å². The summed E-state index contributed by atoms with van der Waals surface area (Å²) in [6.07, 6.45) is 0. The number of rotatable bonds is 7. The Labute approximate surface area is 134 Å². The van der Waals surface area contributed by atoms with Crippen molar-refractivity contribution in [1.82, 2.24) is 4.90 Å². The number of esters is 1. The zero-order valence-corrected chi connectivity index (χ0v) is 13.2. The van der Waals surface area contributed by atoms with E-state index in [9.17, 15) is 14.4 Å². The Balaban J connectivity index is 2.52. The number of carbonyl (C=O) groups is 3. The number of anilines is 1. The van der Waals surface area contributed by atoms with E-state index in [1.807, 2.05) is 0 Å². The average Bonchev–Trinajstić information content (AvgIpc) is 2.53. The Morgan fingerprint density at radius 1 is 1.26 bits per heavy atom. The summed E-state index contributed by atoms with van der Waals surface area (Å²) in [6.45, 7) is 1.43. The summed E-state index contributed by atoms with van der Waals surface area (Å²) in [6, 6.07) is 6.00. The number of hydrogen-bond donors (Lipinski definition) is 2. The lowest BCUT2D eigenvalue weighted by atomic mass is 10.2. The van der Waals surface area contributed by atoms with Gasteiger partial charge in [-0.1, -0.05) is 6.92 Å². The summed E-state index contributed by atoms with van der Waals surface area (Å²) >= 11 is 0. The molecule has 0 bridgehead atoms. The number of carboxylic acid groups (broad SMARTS) is 1. The molecule has 0 fully saturated rings. The molecule has 0 saturated carbocycles. The highest BCUT2D eigenvalue weighted by atomic mass is 16.6. The van der Waals surface area contributed by atoms with E-state index in [1.165, 1.54) is 26.0 Å². The van der Waals surface area contributed by atoms with E-state index in [2.05, 4.69) is 10.1 Å². The number of carboxylic acids is 1. The van der Waals surface area contributed by atoms with Gasteiger partial charge in [0, 0.05) is 19.3 Å². The molecular formula is C15H20N2O6. The Morgan fingerprint density at radius 3 is 2.39 bits per heavy atom. The summed E-state index contributed by atoms with van der Waals surface area (Å²) in [7, 11) is 2.79. The van der Waals surface area contributed by atoms with Crippen LogP contribution in [0.25, 0.3) is 0 Å². The Kier molecular flexibility index (Phi) is 6.85. The van der Waals surface area contributed by atoms with Gasteiger partial charge in [-0.25, -0.2) is 9.59 Å². The maximum atomic E-state index is 11.9. The molecule has 1 atom stereocenters. The molecule has 126 valence electrons. The first-order chi connectivity index (χ1) is 10.8. The molecule has 0 aromatic heterocycles. The van der Waals surface area contributed by atoms with Crippen LogP contribution < -0.4 is 10.1 Å². The van der Waals surface area contributed by atoms with Crippen LogP contribution in [0.15, 0.2) is 24.3 Å². The molecule has 8 heteroatoms. The number of nitrogens with one attached hydrogen (secondary N) is 1. The smallest absolute Gasteiger partial charge is 0.343 e. The van der Waals surface area contributed by atoms with Gasteiger partial charge in [0.2, 0.25) is 0 Å². The van der Waals surface area contributed by atoms with Crippen molar-refractivity contribution in [3.63, 3.8) is 0 Å². The number of ether oxygens (including phenoxy) is 2. The SMILES string of the molecule is COC(=O)COc1ccc(NC(=O)N(C)CC(C)C(=O)O)cc1. The van der Waals surface area contributed by atoms with E-state index in [-0.39, 0.29) is 13.2 Å². The van der Waals surface area contributed by atoms with Crippen LogP contribution in [-0.2, 0) is 14.3 Å². The van der Waals surface area contributed by atoms with Crippen molar-refractivity contribution < 1.29 is 29.0 Å². The number of benzene rings is 1. The summed E-state index contributed by atoms with van der Waals surface area (Å²) < 4.78 is 9.64. The van der Waals surface area contributed by atoms with E-state index in [0.29, 0.717) is 11.4 Å². The van der Waals surface area contributed by atoms with Gasteiger partial charge < -0.3 is 24.8 Å². The molecule has 1 unspecified atom stereocenters. The third kappa shape index (κ3) is 6.25. The highest BCUT2D eigenvalue weighted by Gasteiger charge is 2.17. The molecule has 1 aromatic rings.